The first-order valence-electron chi connectivity index (χ1n) is 6.27. The van der Waals surface area contributed by atoms with E-state index in [1.165, 1.54) is 19.2 Å². The molecule has 0 atom stereocenters. The highest BCUT2D eigenvalue weighted by atomic mass is 19.4. The van der Waals surface area contributed by atoms with E-state index in [0.29, 0.717) is 5.56 Å². The maximum atomic E-state index is 12.3. The highest BCUT2D eigenvalue weighted by Gasteiger charge is 2.34. The van der Waals surface area contributed by atoms with Gasteiger partial charge >= 0.3 is 12.3 Å². The first-order chi connectivity index (χ1) is 9.93. The minimum absolute atomic E-state index is 0.390. The first kappa shape index (κ1) is 17.8. The van der Waals surface area contributed by atoms with Crippen LogP contribution in [0.25, 0.3) is 0 Å². The molecule has 0 unspecified atom stereocenters. The van der Waals surface area contributed by atoms with Crippen LogP contribution in [0.5, 0.6) is 5.75 Å². The Labute approximate surface area is 125 Å². The lowest BCUT2D eigenvalue weighted by atomic mass is 9.83. The van der Waals surface area contributed by atoms with E-state index in [4.69, 9.17) is 5.11 Å². The van der Waals surface area contributed by atoms with Gasteiger partial charge in [0, 0.05) is 7.05 Å². The van der Waals surface area contributed by atoms with Crippen LogP contribution in [0.2, 0.25) is 0 Å². The van der Waals surface area contributed by atoms with Gasteiger partial charge in [-0.3, -0.25) is 9.59 Å². The van der Waals surface area contributed by atoms with Crippen LogP contribution in [0, 0.1) is 0 Å². The van der Waals surface area contributed by atoms with Crippen LogP contribution in [0.3, 0.4) is 0 Å². The smallest absolute Gasteiger partial charge is 0.480 e. The molecule has 0 aliphatic carbocycles. The number of benzene rings is 1. The number of rotatable bonds is 5. The van der Waals surface area contributed by atoms with E-state index < -0.39 is 35.9 Å². The van der Waals surface area contributed by atoms with Gasteiger partial charge in [-0.2, -0.15) is 0 Å². The zero-order valence-corrected chi connectivity index (χ0v) is 12.3. The summed E-state index contributed by atoms with van der Waals surface area (Å²) in [6.45, 7) is 2.66. The van der Waals surface area contributed by atoms with Gasteiger partial charge in [0.1, 0.15) is 12.3 Å². The number of hydrogen-bond acceptors (Lipinski definition) is 3. The minimum Gasteiger partial charge on any atom is -0.480 e. The largest absolute Gasteiger partial charge is 0.573 e. The molecule has 0 radical (unpaired) electrons. The average Bonchev–Trinajstić information content (AvgIpc) is 2.35. The number of halogens is 3. The number of carbonyl (C=O) groups excluding carboxylic acids is 1. The highest BCUT2D eigenvalue weighted by Crippen LogP contribution is 2.29. The molecule has 0 saturated carbocycles. The fourth-order valence-electron chi connectivity index (χ4n) is 1.95. The molecule has 122 valence electrons. The molecule has 0 heterocycles. The molecule has 1 aromatic carbocycles. The monoisotopic (exact) mass is 319 g/mol. The summed E-state index contributed by atoms with van der Waals surface area (Å²) >= 11 is 0. The number of likely N-dealkylation sites (N-methyl/N-ethyl adjacent to an activating group) is 1. The van der Waals surface area contributed by atoms with Gasteiger partial charge in [0.15, 0.2) is 0 Å². The van der Waals surface area contributed by atoms with Crippen molar-refractivity contribution in [1.29, 1.82) is 0 Å². The summed E-state index contributed by atoms with van der Waals surface area (Å²) in [5, 5.41) is 8.70. The number of aliphatic carboxylic acids is 1. The number of hydrogen-bond donors (Lipinski definition) is 1. The molecule has 0 saturated heterocycles. The summed E-state index contributed by atoms with van der Waals surface area (Å²) in [6.07, 6.45) is -4.78. The summed E-state index contributed by atoms with van der Waals surface area (Å²) in [5.74, 6) is -2.00. The number of carboxylic acid groups (broad SMARTS) is 1. The van der Waals surface area contributed by atoms with Crippen LogP contribution in [-0.4, -0.2) is 41.8 Å². The Kier molecular flexibility index (Phi) is 5.05. The lowest BCUT2D eigenvalue weighted by molar-refractivity contribution is -0.274. The average molecular weight is 319 g/mol. The zero-order valence-electron chi connectivity index (χ0n) is 12.3. The van der Waals surface area contributed by atoms with Crippen molar-refractivity contribution in [2.24, 2.45) is 0 Å². The molecule has 0 aliphatic heterocycles. The normalized spacial score (nSPS) is 11.9. The van der Waals surface area contributed by atoms with E-state index in [1.54, 1.807) is 13.8 Å². The van der Waals surface area contributed by atoms with E-state index in [0.717, 1.165) is 17.0 Å². The van der Waals surface area contributed by atoms with E-state index in [-0.39, 0.29) is 0 Å². The summed E-state index contributed by atoms with van der Waals surface area (Å²) in [7, 11) is 1.35. The predicted molar refractivity (Wildman–Crippen MR) is 71.4 cm³/mol. The second kappa shape index (κ2) is 6.25. The summed E-state index contributed by atoms with van der Waals surface area (Å²) in [5.41, 5.74) is -0.634. The summed E-state index contributed by atoms with van der Waals surface area (Å²) in [6, 6.07) is 4.89. The van der Waals surface area contributed by atoms with Crippen LogP contribution in [0.15, 0.2) is 24.3 Å². The Morgan fingerprint density at radius 1 is 1.18 bits per heavy atom. The van der Waals surface area contributed by atoms with Gasteiger partial charge in [0.25, 0.3) is 0 Å². The minimum atomic E-state index is -4.78. The summed E-state index contributed by atoms with van der Waals surface area (Å²) < 4.78 is 40.0. The van der Waals surface area contributed by atoms with E-state index in [2.05, 4.69) is 4.74 Å². The number of carboxylic acids is 1. The van der Waals surface area contributed by atoms with Gasteiger partial charge in [-0.1, -0.05) is 12.1 Å². The third-order valence-electron chi connectivity index (χ3n) is 3.06. The standard InChI is InChI=1S/C14H16F3NO4/c1-13(2,12(21)18(3)8-11(19)20)9-4-6-10(7-5-9)22-14(15,16)17/h4-7H,8H2,1-3H3,(H,19,20). The Hall–Kier alpha value is -2.25. The zero-order chi connectivity index (χ0) is 17.1. The quantitative estimate of drug-likeness (QED) is 0.905. The molecule has 0 bridgehead atoms. The topological polar surface area (TPSA) is 66.8 Å². The Morgan fingerprint density at radius 2 is 1.68 bits per heavy atom. The fraction of sp³-hybridized carbons (Fsp3) is 0.429. The van der Waals surface area contributed by atoms with E-state index in [9.17, 15) is 22.8 Å². The van der Waals surface area contributed by atoms with Crippen LogP contribution in [0.4, 0.5) is 13.2 Å². The van der Waals surface area contributed by atoms with Crippen molar-refractivity contribution in [2.75, 3.05) is 13.6 Å². The Balaban J connectivity index is 2.93. The van der Waals surface area contributed by atoms with Crippen molar-refractivity contribution < 1.29 is 32.6 Å². The van der Waals surface area contributed by atoms with Crippen molar-refractivity contribution in [3.63, 3.8) is 0 Å². The number of ether oxygens (including phenoxy) is 1. The third kappa shape index (κ3) is 4.64. The number of amides is 1. The molecular weight excluding hydrogens is 303 g/mol. The molecule has 0 aromatic heterocycles. The molecule has 0 fully saturated rings. The Bertz CT molecular complexity index is 552. The molecular formula is C14H16F3NO4. The Morgan fingerprint density at radius 3 is 2.09 bits per heavy atom. The first-order valence-corrected chi connectivity index (χ1v) is 6.27. The molecule has 1 rings (SSSR count). The van der Waals surface area contributed by atoms with Gasteiger partial charge in [-0.15, -0.1) is 13.2 Å². The van der Waals surface area contributed by atoms with Crippen molar-refractivity contribution in [3.8, 4) is 5.75 Å². The fourth-order valence-corrected chi connectivity index (χ4v) is 1.95. The molecule has 1 amide bonds. The van der Waals surface area contributed by atoms with Crippen LogP contribution in [0.1, 0.15) is 19.4 Å². The molecule has 1 aromatic rings. The maximum absolute atomic E-state index is 12.3. The van der Waals surface area contributed by atoms with Gasteiger partial charge in [0.05, 0.1) is 5.41 Å². The van der Waals surface area contributed by atoms with E-state index in [1.807, 2.05) is 0 Å². The second-order valence-electron chi connectivity index (χ2n) is 5.25. The van der Waals surface area contributed by atoms with Crippen molar-refractivity contribution >= 4 is 11.9 Å². The number of carbonyl (C=O) groups is 2. The molecule has 0 spiro atoms. The lowest BCUT2D eigenvalue weighted by Crippen LogP contribution is -2.43. The lowest BCUT2D eigenvalue weighted by Gasteiger charge is -2.29. The van der Waals surface area contributed by atoms with Crippen LogP contribution >= 0.6 is 0 Å². The van der Waals surface area contributed by atoms with Gasteiger partial charge in [0.2, 0.25) is 5.91 Å². The molecule has 5 nitrogen and oxygen atoms in total. The maximum Gasteiger partial charge on any atom is 0.573 e. The number of alkyl halides is 3. The molecule has 0 aliphatic rings. The number of nitrogens with zero attached hydrogens (tertiary/aromatic N) is 1. The van der Waals surface area contributed by atoms with Crippen LogP contribution < -0.4 is 4.74 Å². The molecule has 22 heavy (non-hydrogen) atoms. The second-order valence-corrected chi connectivity index (χ2v) is 5.25. The third-order valence-corrected chi connectivity index (χ3v) is 3.06. The van der Waals surface area contributed by atoms with Gasteiger partial charge in [-0.25, -0.2) is 0 Å². The predicted octanol–water partition coefficient (Wildman–Crippen LogP) is 2.41. The van der Waals surface area contributed by atoms with Crippen LogP contribution in [-0.2, 0) is 15.0 Å². The molecule has 1 N–H and O–H groups in total. The van der Waals surface area contributed by atoms with Crippen molar-refractivity contribution in [3.05, 3.63) is 29.8 Å². The van der Waals surface area contributed by atoms with Crippen molar-refractivity contribution in [2.45, 2.75) is 25.6 Å². The van der Waals surface area contributed by atoms with Gasteiger partial charge < -0.3 is 14.7 Å². The highest BCUT2D eigenvalue weighted by molar-refractivity contribution is 5.89. The van der Waals surface area contributed by atoms with Crippen molar-refractivity contribution in [1.82, 2.24) is 4.90 Å². The SMILES string of the molecule is CN(CC(=O)O)C(=O)C(C)(C)c1ccc(OC(F)(F)F)cc1. The van der Waals surface area contributed by atoms with Gasteiger partial charge in [-0.05, 0) is 31.5 Å². The molecule has 8 heteroatoms. The summed E-state index contributed by atoms with van der Waals surface area (Å²) in [4.78, 5) is 23.9. The van der Waals surface area contributed by atoms with E-state index >= 15 is 0 Å².